The van der Waals surface area contributed by atoms with Gasteiger partial charge in [-0.1, -0.05) is 19.8 Å². The molecule has 1 amide bonds. The van der Waals surface area contributed by atoms with E-state index in [2.05, 4.69) is 17.2 Å². The zero-order valence-corrected chi connectivity index (χ0v) is 10.0. The Bertz CT molecular complexity index is 414. The highest BCUT2D eigenvalue weighted by Gasteiger charge is 2.29. The first-order chi connectivity index (χ1) is 8.11. The summed E-state index contributed by atoms with van der Waals surface area (Å²) in [4.78, 5) is 15.4. The first-order valence-corrected chi connectivity index (χ1v) is 5.98. The summed E-state index contributed by atoms with van der Waals surface area (Å²) >= 11 is 0. The second-order valence-corrected chi connectivity index (χ2v) is 5.06. The normalized spacial score (nSPS) is 18.0. The van der Waals surface area contributed by atoms with Gasteiger partial charge in [0.05, 0.1) is 11.8 Å². The van der Waals surface area contributed by atoms with E-state index in [1.54, 1.807) is 0 Å². The summed E-state index contributed by atoms with van der Waals surface area (Å²) in [5.74, 6) is -0.917. The summed E-state index contributed by atoms with van der Waals surface area (Å²) in [6, 6.07) is 1.40. The van der Waals surface area contributed by atoms with Gasteiger partial charge in [0.2, 0.25) is 0 Å². The van der Waals surface area contributed by atoms with Crippen LogP contribution in [0.3, 0.4) is 0 Å². The molecule has 0 bridgehead atoms. The molecule has 0 saturated heterocycles. The highest BCUT2D eigenvalue weighted by molar-refractivity contribution is 5.94. The number of aromatic nitrogens is 1. The lowest BCUT2D eigenvalue weighted by Crippen LogP contribution is -2.34. The number of pyridine rings is 1. The van der Waals surface area contributed by atoms with E-state index in [1.165, 1.54) is 25.1 Å². The largest absolute Gasteiger partial charge is 0.351 e. The first kappa shape index (κ1) is 12.0. The molecule has 0 aromatic carbocycles. The van der Waals surface area contributed by atoms with Crippen LogP contribution >= 0.6 is 0 Å². The molecule has 1 fully saturated rings. The Kier molecular flexibility index (Phi) is 3.41. The van der Waals surface area contributed by atoms with Crippen LogP contribution in [-0.2, 0) is 0 Å². The standard InChI is InChI=1S/C13H17FN2O/c1-13(5-2-3-6-13)9-16-12(17)10-4-7-15-8-11(10)14/h4,7-8H,2-3,5-6,9H2,1H3,(H,16,17). The van der Waals surface area contributed by atoms with Crippen LogP contribution in [-0.4, -0.2) is 17.4 Å². The van der Waals surface area contributed by atoms with Gasteiger partial charge in [-0.05, 0) is 24.3 Å². The van der Waals surface area contributed by atoms with E-state index in [0.717, 1.165) is 19.0 Å². The lowest BCUT2D eigenvalue weighted by molar-refractivity contribution is 0.0930. The highest BCUT2D eigenvalue weighted by Crippen LogP contribution is 2.36. The van der Waals surface area contributed by atoms with E-state index in [4.69, 9.17) is 0 Å². The minimum atomic E-state index is -0.568. The first-order valence-electron chi connectivity index (χ1n) is 5.98. The molecule has 4 heteroatoms. The fourth-order valence-electron chi connectivity index (χ4n) is 2.35. The Morgan fingerprint density at radius 2 is 2.24 bits per heavy atom. The highest BCUT2D eigenvalue weighted by atomic mass is 19.1. The van der Waals surface area contributed by atoms with Crippen molar-refractivity contribution in [2.75, 3.05) is 6.54 Å². The molecule has 0 radical (unpaired) electrons. The molecule has 1 aromatic heterocycles. The Balaban J connectivity index is 1.96. The molecule has 1 aliphatic carbocycles. The molecule has 1 N–H and O–H groups in total. The van der Waals surface area contributed by atoms with E-state index in [1.807, 2.05) is 0 Å². The maximum absolute atomic E-state index is 13.3. The molecule has 1 saturated carbocycles. The third-order valence-electron chi connectivity index (χ3n) is 3.50. The summed E-state index contributed by atoms with van der Waals surface area (Å²) in [5.41, 5.74) is 0.251. The Morgan fingerprint density at radius 1 is 1.53 bits per heavy atom. The van der Waals surface area contributed by atoms with Gasteiger partial charge in [0.1, 0.15) is 0 Å². The lowest BCUT2D eigenvalue weighted by Gasteiger charge is -2.23. The predicted molar refractivity (Wildman–Crippen MR) is 63.1 cm³/mol. The number of amides is 1. The van der Waals surface area contributed by atoms with E-state index in [-0.39, 0.29) is 16.9 Å². The summed E-state index contributed by atoms with van der Waals surface area (Å²) in [7, 11) is 0. The minimum absolute atomic E-state index is 0.0709. The van der Waals surface area contributed by atoms with Crippen LogP contribution < -0.4 is 5.32 Å². The molecule has 1 aliphatic rings. The topological polar surface area (TPSA) is 42.0 Å². The van der Waals surface area contributed by atoms with Crippen molar-refractivity contribution >= 4 is 5.91 Å². The lowest BCUT2D eigenvalue weighted by atomic mass is 9.89. The summed E-state index contributed by atoms with van der Waals surface area (Å²) in [6.07, 6.45) is 7.19. The summed E-state index contributed by atoms with van der Waals surface area (Å²) in [5, 5.41) is 2.82. The Morgan fingerprint density at radius 3 is 2.88 bits per heavy atom. The Hall–Kier alpha value is -1.45. The predicted octanol–water partition coefficient (Wildman–Crippen LogP) is 2.53. The molecule has 3 nitrogen and oxygen atoms in total. The van der Waals surface area contributed by atoms with Gasteiger partial charge in [0.25, 0.3) is 5.91 Å². The van der Waals surface area contributed by atoms with Gasteiger partial charge in [-0.2, -0.15) is 0 Å². The number of halogens is 1. The number of rotatable bonds is 3. The third-order valence-corrected chi connectivity index (χ3v) is 3.50. The quantitative estimate of drug-likeness (QED) is 0.876. The molecule has 0 aliphatic heterocycles. The molecule has 17 heavy (non-hydrogen) atoms. The van der Waals surface area contributed by atoms with Crippen LogP contribution in [0.2, 0.25) is 0 Å². The van der Waals surface area contributed by atoms with Gasteiger partial charge in [-0.15, -0.1) is 0 Å². The fourth-order valence-corrected chi connectivity index (χ4v) is 2.35. The van der Waals surface area contributed by atoms with Crippen molar-refractivity contribution in [1.29, 1.82) is 0 Å². The van der Waals surface area contributed by atoms with Gasteiger partial charge in [0, 0.05) is 12.7 Å². The number of hydrogen-bond acceptors (Lipinski definition) is 2. The van der Waals surface area contributed by atoms with E-state index in [9.17, 15) is 9.18 Å². The monoisotopic (exact) mass is 236 g/mol. The molecule has 2 rings (SSSR count). The van der Waals surface area contributed by atoms with E-state index in [0.29, 0.717) is 6.54 Å². The SMILES string of the molecule is CC1(CNC(=O)c2ccncc2F)CCCC1. The molecule has 1 heterocycles. The molecule has 92 valence electrons. The number of carbonyl (C=O) groups excluding carboxylic acids is 1. The number of hydrogen-bond donors (Lipinski definition) is 1. The molecular weight excluding hydrogens is 219 g/mol. The van der Waals surface area contributed by atoms with Crippen LogP contribution in [0, 0.1) is 11.2 Å². The van der Waals surface area contributed by atoms with Gasteiger partial charge >= 0.3 is 0 Å². The van der Waals surface area contributed by atoms with Crippen LogP contribution in [0.25, 0.3) is 0 Å². The molecule has 1 aromatic rings. The van der Waals surface area contributed by atoms with Crippen LogP contribution in [0.4, 0.5) is 4.39 Å². The van der Waals surface area contributed by atoms with Crippen LogP contribution in [0.15, 0.2) is 18.5 Å². The average molecular weight is 236 g/mol. The van der Waals surface area contributed by atoms with Gasteiger partial charge in [0.15, 0.2) is 5.82 Å². The second-order valence-electron chi connectivity index (χ2n) is 5.06. The van der Waals surface area contributed by atoms with Gasteiger partial charge in [-0.3, -0.25) is 9.78 Å². The zero-order chi connectivity index (χ0) is 12.3. The van der Waals surface area contributed by atoms with Gasteiger partial charge < -0.3 is 5.32 Å². The van der Waals surface area contributed by atoms with Crippen molar-refractivity contribution in [2.45, 2.75) is 32.6 Å². The van der Waals surface area contributed by atoms with Crippen molar-refractivity contribution < 1.29 is 9.18 Å². The summed E-state index contributed by atoms with van der Waals surface area (Å²) < 4.78 is 13.3. The molecular formula is C13H17FN2O. The molecule has 0 unspecified atom stereocenters. The van der Waals surface area contributed by atoms with Gasteiger partial charge in [-0.25, -0.2) is 4.39 Å². The number of carbonyl (C=O) groups is 1. The third kappa shape index (κ3) is 2.81. The maximum atomic E-state index is 13.3. The van der Waals surface area contributed by atoms with Crippen molar-refractivity contribution in [2.24, 2.45) is 5.41 Å². The number of nitrogens with one attached hydrogen (secondary N) is 1. The summed E-state index contributed by atoms with van der Waals surface area (Å²) in [6.45, 7) is 2.79. The van der Waals surface area contributed by atoms with Crippen molar-refractivity contribution in [1.82, 2.24) is 10.3 Å². The van der Waals surface area contributed by atoms with Crippen LogP contribution in [0.1, 0.15) is 43.0 Å². The van der Waals surface area contributed by atoms with E-state index >= 15 is 0 Å². The van der Waals surface area contributed by atoms with Crippen molar-refractivity contribution in [3.05, 3.63) is 29.8 Å². The average Bonchev–Trinajstić information content (AvgIpc) is 2.74. The number of nitrogens with zero attached hydrogens (tertiary/aromatic N) is 1. The van der Waals surface area contributed by atoms with Crippen molar-refractivity contribution in [3.63, 3.8) is 0 Å². The zero-order valence-electron chi connectivity index (χ0n) is 10.0. The molecule has 0 atom stereocenters. The molecule has 0 spiro atoms. The fraction of sp³-hybridized carbons (Fsp3) is 0.538. The minimum Gasteiger partial charge on any atom is -0.351 e. The van der Waals surface area contributed by atoms with Crippen LogP contribution in [0.5, 0.6) is 0 Å². The van der Waals surface area contributed by atoms with E-state index < -0.39 is 5.82 Å². The Labute approximate surface area is 100 Å². The second kappa shape index (κ2) is 4.82. The smallest absolute Gasteiger partial charge is 0.254 e. The van der Waals surface area contributed by atoms with Crippen molar-refractivity contribution in [3.8, 4) is 0 Å². The maximum Gasteiger partial charge on any atom is 0.254 e.